The molecule has 0 radical (unpaired) electrons. The zero-order chi connectivity index (χ0) is 14.0. The first-order valence-corrected chi connectivity index (χ1v) is 5.95. The summed E-state index contributed by atoms with van der Waals surface area (Å²) in [5, 5.41) is 22.7. The third kappa shape index (κ3) is 7.86. The second kappa shape index (κ2) is 8.71. The molecule has 0 rings (SSSR count). The molecule has 0 aliphatic heterocycles. The Hall–Kier alpha value is -1.34. The number of carbonyl (C=O) groups excluding carboxylic acids is 1. The van der Waals surface area contributed by atoms with Crippen molar-refractivity contribution in [3.05, 3.63) is 0 Å². The van der Waals surface area contributed by atoms with Crippen molar-refractivity contribution in [1.82, 2.24) is 10.6 Å². The van der Waals surface area contributed by atoms with Gasteiger partial charge in [0.2, 0.25) is 0 Å². The first-order valence-electron chi connectivity index (χ1n) is 5.95. The molecule has 0 fully saturated rings. The van der Waals surface area contributed by atoms with E-state index in [1.807, 2.05) is 0 Å². The number of urea groups is 1. The van der Waals surface area contributed by atoms with E-state index >= 15 is 0 Å². The fourth-order valence-corrected chi connectivity index (χ4v) is 0.976. The van der Waals surface area contributed by atoms with Crippen molar-refractivity contribution >= 4 is 12.0 Å². The quantitative estimate of drug-likeness (QED) is 0.435. The van der Waals surface area contributed by atoms with Crippen LogP contribution in [0.1, 0.15) is 26.7 Å². The summed E-state index contributed by atoms with van der Waals surface area (Å²) in [6.07, 6.45) is 2.03. The Balaban J connectivity index is 3.58. The second-order valence-electron chi connectivity index (χ2n) is 4.15. The Kier molecular flexibility index (Phi) is 8.06. The van der Waals surface area contributed by atoms with Crippen LogP contribution in [0.25, 0.3) is 0 Å². The molecule has 7 heteroatoms. The normalized spacial score (nSPS) is 13.7. The lowest BCUT2D eigenvalue weighted by Gasteiger charge is -2.18. The summed E-state index contributed by atoms with van der Waals surface area (Å²) in [5.74, 6) is -1.38. The minimum absolute atomic E-state index is 0.338. The van der Waals surface area contributed by atoms with Crippen LogP contribution in [0.2, 0.25) is 0 Å². The van der Waals surface area contributed by atoms with Gasteiger partial charge in [-0.2, -0.15) is 0 Å². The Labute approximate surface area is 107 Å². The molecule has 0 aromatic carbocycles. The van der Waals surface area contributed by atoms with Crippen LogP contribution in [0.4, 0.5) is 4.79 Å². The molecule has 0 aliphatic carbocycles. The fraction of sp³-hybridized carbons (Fsp3) is 0.818. The maximum atomic E-state index is 11.2. The van der Waals surface area contributed by atoms with Gasteiger partial charge in [0.15, 0.2) is 5.60 Å². The van der Waals surface area contributed by atoms with Gasteiger partial charge in [0, 0.05) is 13.2 Å². The fourth-order valence-electron chi connectivity index (χ4n) is 0.976. The van der Waals surface area contributed by atoms with E-state index in [4.69, 9.17) is 9.84 Å². The van der Waals surface area contributed by atoms with Gasteiger partial charge >= 0.3 is 12.0 Å². The van der Waals surface area contributed by atoms with Crippen molar-refractivity contribution in [3.8, 4) is 0 Å². The highest BCUT2D eigenvalue weighted by atomic mass is 16.5. The molecular weight excluding hydrogens is 240 g/mol. The van der Waals surface area contributed by atoms with Gasteiger partial charge < -0.3 is 25.6 Å². The highest BCUT2D eigenvalue weighted by Gasteiger charge is 2.30. The number of carbonyl (C=O) groups is 2. The highest BCUT2D eigenvalue weighted by Crippen LogP contribution is 2.00. The summed E-state index contributed by atoms with van der Waals surface area (Å²) in [4.78, 5) is 21.8. The summed E-state index contributed by atoms with van der Waals surface area (Å²) in [6.45, 7) is 4.22. The molecule has 0 saturated carbocycles. The van der Waals surface area contributed by atoms with Gasteiger partial charge in [-0.3, -0.25) is 0 Å². The summed E-state index contributed by atoms with van der Waals surface area (Å²) < 4.78 is 5.22. The number of hydrogen-bond donors (Lipinski definition) is 4. The number of hydrogen-bond acceptors (Lipinski definition) is 4. The van der Waals surface area contributed by atoms with E-state index in [0.717, 1.165) is 19.8 Å². The smallest absolute Gasteiger partial charge is 0.337 e. The Morgan fingerprint density at radius 3 is 2.50 bits per heavy atom. The molecule has 106 valence electrons. The standard InChI is InChI=1S/C11H22N2O5/c1-3-4-6-18-7-5-12-10(16)13-8-11(2,17)9(14)15/h17H,3-8H2,1-2H3,(H,14,15)(H2,12,13,16). The van der Waals surface area contributed by atoms with Gasteiger partial charge in [0.05, 0.1) is 13.2 Å². The van der Waals surface area contributed by atoms with Crippen LogP contribution in [0.3, 0.4) is 0 Å². The van der Waals surface area contributed by atoms with Gasteiger partial charge in [0.1, 0.15) is 0 Å². The van der Waals surface area contributed by atoms with Crippen molar-refractivity contribution in [2.75, 3.05) is 26.3 Å². The number of nitrogens with one attached hydrogen (secondary N) is 2. The van der Waals surface area contributed by atoms with Crippen LogP contribution in [0.5, 0.6) is 0 Å². The Morgan fingerprint density at radius 2 is 1.94 bits per heavy atom. The van der Waals surface area contributed by atoms with Crippen LogP contribution in [0, 0.1) is 0 Å². The van der Waals surface area contributed by atoms with Crippen molar-refractivity contribution in [2.24, 2.45) is 0 Å². The van der Waals surface area contributed by atoms with E-state index in [1.54, 1.807) is 0 Å². The van der Waals surface area contributed by atoms with Gasteiger partial charge in [-0.05, 0) is 13.3 Å². The van der Waals surface area contributed by atoms with E-state index in [0.29, 0.717) is 19.8 Å². The number of unbranched alkanes of at least 4 members (excludes halogenated alkanes) is 1. The molecule has 7 nitrogen and oxygen atoms in total. The van der Waals surface area contributed by atoms with Gasteiger partial charge in [0.25, 0.3) is 0 Å². The van der Waals surface area contributed by atoms with Crippen LogP contribution in [-0.4, -0.2) is 54.1 Å². The first kappa shape index (κ1) is 16.7. The molecular formula is C11H22N2O5. The number of aliphatic hydroxyl groups is 1. The molecule has 0 saturated heterocycles. The van der Waals surface area contributed by atoms with Crippen molar-refractivity contribution < 1.29 is 24.5 Å². The maximum absolute atomic E-state index is 11.2. The molecule has 2 amide bonds. The molecule has 0 heterocycles. The minimum atomic E-state index is -1.96. The molecule has 1 unspecified atom stereocenters. The average molecular weight is 262 g/mol. The molecule has 0 spiro atoms. The van der Waals surface area contributed by atoms with Gasteiger partial charge in [-0.15, -0.1) is 0 Å². The topological polar surface area (TPSA) is 108 Å². The molecule has 0 aliphatic rings. The summed E-state index contributed by atoms with van der Waals surface area (Å²) >= 11 is 0. The maximum Gasteiger partial charge on any atom is 0.337 e. The van der Waals surface area contributed by atoms with Crippen LogP contribution in [-0.2, 0) is 9.53 Å². The average Bonchev–Trinajstić information content (AvgIpc) is 2.31. The number of rotatable bonds is 9. The highest BCUT2D eigenvalue weighted by molar-refractivity contribution is 5.79. The van der Waals surface area contributed by atoms with E-state index in [2.05, 4.69) is 17.6 Å². The van der Waals surface area contributed by atoms with Crippen LogP contribution < -0.4 is 10.6 Å². The van der Waals surface area contributed by atoms with E-state index in [-0.39, 0.29) is 6.54 Å². The van der Waals surface area contributed by atoms with Crippen molar-refractivity contribution in [1.29, 1.82) is 0 Å². The Bertz CT molecular complexity index is 268. The zero-order valence-corrected chi connectivity index (χ0v) is 10.9. The lowest BCUT2D eigenvalue weighted by atomic mass is 10.1. The molecule has 0 bridgehead atoms. The van der Waals surface area contributed by atoms with Gasteiger partial charge in [-0.1, -0.05) is 13.3 Å². The Morgan fingerprint density at radius 1 is 1.28 bits per heavy atom. The molecule has 0 aromatic heterocycles. The van der Waals surface area contributed by atoms with Crippen molar-refractivity contribution in [3.63, 3.8) is 0 Å². The zero-order valence-electron chi connectivity index (χ0n) is 10.9. The third-order valence-electron chi connectivity index (χ3n) is 2.23. The number of carboxylic acid groups (broad SMARTS) is 1. The van der Waals surface area contributed by atoms with Crippen LogP contribution in [0.15, 0.2) is 0 Å². The number of aliphatic carboxylic acids is 1. The monoisotopic (exact) mass is 262 g/mol. The summed E-state index contributed by atoms with van der Waals surface area (Å²) in [5.41, 5.74) is -1.96. The van der Waals surface area contributed by atoms with E-state index in [1.165, 1.54) is 0 Å². The lowest BCUT2D eigenvalue weighted by molar-refractivity contribution is -0.155. The summed E-state index contributed by atoms with van der Waals surface area (Å²) in [6, 6.07) is -0.532. The predicted octanol–water partition coefficient (Wildman–Crippen LogP) is -0.0621. The lowest BCUT2D eigenvalue weighted by Crippen LogP contribution is -2.49. The van der Waals surface area contributed by atoms with Crippen LogP contribution >= 0.6 is 0 Å². The minimum Gasteiger partial charge on any atom is -0.479 e. The number of carboxylic acids is 1. The largest absolute Gasteiger partial charge is 0.479 e. The predicted molar refractivity (Wildman–Crippen MR) is 65.4 cm³/mol. The van der Waals surface area contributed by atoms with E-state index in [9.17, 15) is 14.7 Å². The molecule has 4 N–H and O–H groups in total. The molecule has 18 heavy (non-hydrogen) atoms. The SMILES string of the molecule is CCCCOCCNC(=O)NCC(C)(O)C(=O)O. The number of amides is 2. The third-order valence-corrected chi connectivity index (χ3v) is 2.23. The van der Waals surface area contributed by atoms with E-state index < -0.39 is 17.6 Å². The number of ether oxygens (including phenoxy) is 1. The van der Waals surface area contributed by atoms with Gasteiger partial charge in [-0.25, -0.2) is 9.59 Å². The molecule has 1 atom stereocenters. The first-order chi connectivity index (χ1) is 8.40. The summed E-state index contributed by atoms with van der Waals surface area (Å²) in [7, 11) is 0. The van der Waals surface area contributed by atoms with Crippen molar-refractivity contribution in [2.45, 2.75) is 32.3 Å². The second-order valence-corrected chi connectivity index (χ2v) is 4.15. The molecule has 0 aromatic rings.